The van der Waals surface area contributed by atoms with Crippen molar-refractivity contribution >= 4 is 23.5 Å². The Labute approximate surface area is 503 Å². The van der Waals surface area contributed by atoms with Crippen LogP contribution in [0.1, 0.15) is 31.8 Å². The number of phenols is 2. The second-order valence-corrected chi connectivity index (χ2v) is 17.2. The van der Waals surface area contributed by atoms with Crippen molar-refractivity contribution in [2.24, 2.45) is 0 Å². The summed E-state index contributed by atoms with van der Waals surface area (Å²) in [5.41, 5.74) is 1.26. The first-order chi connectivity index (χ1) is 42.1. The Morgan fingerprint density at radius 1 is 0.337 bits per heavy atom. The van der Waals surface area contributed by atoms with Crippen LogP contribution in [-0.4, -0.2) is 258 Å². The van der Waals surface area contributed by atoms with E-state index in [0.29, 0.717) is 176 Å². The van der Waals surface area contributed by atoms with Crippen LogP contribution in [0.3, 0.4) is 0 Å². The van der Waals surface area contributed by atoms with Gasteiger partial charge in [-0.1, -0.05) is 60.7 Å². The minimum atomic E-state index is -0.587. The van der Waals surface area contributed by atoms with Gasteiger partial charge in [0.1, 0.15) is 29.6 Å². The fourth-order valence-corrected chi connectivity index (χ4v) is 6.43. The van der Waals surface area contributed by atoms with E-state index in [4.69, 9.17) is 85.6 Å². The third-order valence-corrected chi connectivity index (χ3v) is 10.8. The molecule has 25 nitrogen and oxygen atoms in total. The normalized spacial score (nSPS) is 10.8. The quantitative estimate of drug-likeness (QED) is 0.0317. The molecule has 25 heteroatoms. The molecule has 482 valence electrons. The zero-order valence-electron chi connectivity index (χ0n) is 49.8. The van der Waals surface area contributed by atoms with Gasteiger partial charge in [-0.25, -0.2) is 9.59 Å². The number of aliphatic hydroxyl groups is 1. The number of phenolic OH excluding ortho intramolecular Hbond substituents is 2. The number of carbonyl (C=O) groups excluding carboxylic acids is 4. The molecule has 0 saturated carbocycles. The molecule has 0 fully saturated rings. The third-order valence-electron chi connectivity index (χ3n) is 10.8. The number of methoxy groups -OCH3 is 3. The molecule has 0 aliphatic rings. The molecule has 4 aromatic carbocycles. The summed E-state index contributed by atoms with van der Waals surface area (Å²) in [6, 6.07) is 25.8. The smallest absolute Gasteiger partial charge is 0.344 e. The lowest BCUT2D eigenvalue weighted by atomic mass is 10.0. The van der Waals surface area contributed by atoms with Crippen LogP contribution in [0.15, 0.2) is 97.1 Å². The van der Waals surface area contributed by atoms with Gasteiger partial charge in [0.15, 0.2) is 24.8 Å². The van der Waals surface area contributed by atoms with E-state index < -0.39 is 11.9 Å². The average Bonchev–Trinajstić information content (AvgIpc) is 3.69. The van der Waals surface area contributed by atoms with Crippen LogP contribution in [-0.2, 0) is 85.4 Å². The molecule has 3 N–H and O–H groups in total. The maximum absolute atomic E-state index is 12.5. The van der Waals surface area contributed by atoms with Crippen molar-refractivity contribution in [1.29, 1.82) is 0 Å². The highest BCUT2D eigenvalue weighted by molar-refractivity contribution is 6.11. The van der Waals surface area contributed by atoms with Crippen molar-refractivity contribution in [1.82, 2.24) is 0 Å². The minimum absolute atomic E-state index is 0.0380. The van der Waals surface area contributed by atoms with Gasteiger partial charge in [0.05, 0.1) is 197 Å². The molecule has 0 aromatic heterocycles. The number of esters is 2. The molecule has 0 aliphatic carbocycles. The highest BCUT2D eigenvalue weighted by Crippen LogP contribution is 2.27. The van der Waals surface area contributed by atoms with Crippen LogP contribution in [0, 0.1) is 0 Å². The highest BCUT2D eigenvalue weighted by Gasteiger charge is 2.16. The van der Waals surface area contributed by atoms with Crippen molar-refractivity contribution < 1.29 is 120 Å². The number of aromatic hydroxyl groups is 2. The van der Waals surface area contributed by atoms with Gasteiger partial charge in [-0.2, -0.15) is 0 Å². The zero-order chi connectivity index (χ0) is 62.2. The van der Waals surface area contributed by atoms with E-state index in [0.717, 1.165) is 0 Å². The molecule has 4 rings (SSSR count). The van der Waals surface area contributed by atoms with Gasteiger partial charge in [-0.3, -0.25) is 9.59 Å². The number of carbonyl (C=O) groups is 4. The van der Waals surface area contributed by atoms with Crippen LogP contribution >= 0.6 is 0 Å². The van der Waals surface area contributed by atoms with Gasteiger partial charge in [-0.15, -0.1) is 0 Å². The van der Waals surface area contributed by atoms with E-state index in [9.17, 15) is 29.4 Å². The first kappa shape index (κ1) is 75.9. The van der Waals surface area contributed by atoms with Gasteiger partial charge >= 0.3 is 11.9 Å². The molecule has 0 bridgehead atoms. The average molecular weight is 1220 g/mol. The van der Waals surface area contributed by atoms with Gasteiger partial charge in [0.25, 0.3) is 0 Å². The summed E-state index contributed by atoms with van der Waals surface area (Å²) in [6.07, 6.45) is 0. The molecule has 0 radical (unpaired) electrons. The van der Waals surface area contributed by atoms with E-state index in [1.54, 1.807) is 74.9 Å². The first-order valence-corrected chi connectivity index (χ1v) is 28.0. The number of aliphatic hydroxyl groups excluding tert-OH is 1. The Balaban J connectivity index is 0.000000483. The van der Waals surface area contributed by atoms with Crippen molar-refractivity contribution in [3.05, 3.63) is 119 Å². The highest BCUT2D eigenvalue weighted by atomic mass is 16.6. The molecule has 0 unspecified atom stereocenters. The molecule has 0 spiro atoms. The number of rotatable bonds is 51. The van der Waals surface area contributed by atoms with E-state index in [1.165, 1.54) is 43.5 Å². The van der Waals surface area contributed by atoms with Crippen molar-refractivity contribution in [2.75, 3.05) is 220 Å². The van der Waals surface area contributed by atoms with E-state index in [2.05, 4.69) is 4.74 Å². The van der Waals surface area contributed by atoms with Gasteiger partial charge in [0.2, 0.25) is 0 Å². The topological polar surface area (TPSA) is 295 Å². The molecule has 0 amide bonds. The fraction of sp³-hybridized carbons (Fsp3) is 0.541. The SMILES string of the molecule is COC(=O)COc1ccc(C(=O)c2ccccc2)c(O)c1.COCCOCCOCCOCCOCCOCCOCCO.COCCOCCOCCOCCOCCOCCOCCOC(=O)COc1ccc(C(=O)c2ccccc2)c(O)c1. The van der Waals surface area contributed by atoms with Crippen molar-refractivity contribution in [3.8, 4) is 23.0 Å². The summed E-state index contributed by atoms with van der Waals surface area (Å²) in [7, 11) is 4.53. The summed E-state index contributed by atoms with van der Waals surface area (Å²) in [5.74, 6) is -1.63. The predicted octanol–water partition coefficient (Wildman–Crippen LogP) is 4.19. The number of hydrogen-bond donors (Lipinski definition) is 3. The Hall–Kier alpha value is -6.24. The molecule has 86 heavy (non-hydrogen) atoms. The second-order valence-electron chi connectivity index (χ2n) is 17.2. The molecule has 0 atom stereocenters. The summed E-state index contributed by atoms with van der Waals surface area (Å²) in [6.45, 7) is 12.3. The minimum Gasteiger partial charge on any atom is -0.507 e. The molecule has 4 aromatic rings. The lowest BCUT2D eigenvalue weighted by Gasteiger charge is -2.10. The van der Waals surface area contributed by atoms with Crippen molar-refractivity contribution in [3.63, 3.8) is 0 Å². The van der Waals surface area contributed by atoms with Crippen LogP contribution in [0.2, 0.25) is 0 Å². The number of benzene rings is 4. The lowest BCUT2D eigenvalue weighted by molar-refractivity contribution is -0.147. The maximum Gasteiger partial charge on any atom is 0.344 e. The van der Waals surface area contributed by atoms with E-state index in [1.807, 2.05) is 0 Å². The Morgan fingerprint density at radius 3 is 0.895 bits per heavy atom. The Bertz CT molecular complexity index is 2270. The summed E-state index contributed by atoms with van der Waals surface area (Å²) in [5, 5.41) is 28.6. The molecular formula is C61H88O25. The van der Waals surface area contributed by atoms with Gasteiger partial charge in [-0.05, 0) is 24.3 Å². The molecule has 0 aliphatic heterocycles. The lowest BCUT2D eigenvalue weighted by Crippen LogP contribution is -2.18. The molecular weight excluding hydrogens is 1130 g/mol. The van der Waals surface area contributed by atoms with Crippen molar-refractivity contribution in [2.45, 2.75) is 0 Å². The predicted molar refractivity (Wildman–Crippen MR) is 311 cm³/mol. The van der Waals surface area contributed by atoms with Crippen LogP contribution in [0.5, 0.6) is 23.0 Å². The zero-order valence-corrected chi connectivity index (χ0v) is 49.8. The first-order valence-electron chi connectivity index (χ1n) is 28.0. The molecule has 0 saturated heterocycles. The maximum atomic E-state index is 12.5. The van der Waals surface area contributed by atoms with E-state index in [-0.39, 0.29) is 78.7 Å². The van der Waals surface area contributed by atoms with E-state index >= 15 is 0 Å². The second kappa shape index (κ2) is 54.2. The molecule has 0 heterocycles. The monoisotopic (exact) mass is 1220 g/mol. The number of ether oxygens (including phenoxy) is 18. The summed E-state index contributed by atoms with van der Waals surface area (Å²) in [4.78, 5) is 47.6. The summed E-state index contributed by atoms with van der Waals surface area (Å²) >= 11 is 0. The van der Waals surface area contributed by atoms with Gasteiger partial charge in [0, 0.05) is 37.5 Å². The third kappa shape index (κ3) is 40.2. The number of hydrogen-bond acceptors (Lipinski definition) is 25. The Kier molecular flexibility index (Phi) is 47.8. The van der Waals surface area contributed by atoms with Crippen LogP contribution < -0.4 is 9.47 Å². The van der Waals surface area contributed by atoms with Gasteiger partial charge < -0.3 is 101 Å². The number of ketones is 2. The Morgan fingerprint density at radius 2 is 0.616 bits per heavy atom. The van der Waals surface area contributed by atoms with Crippen LogP contribution in [0.25, 0.3) is 0 Å². The summed E-state index contributed by atoms with van der Waals surface area (Å²) < 4.78 is 93.6. The largest absolute Gasteiger partial charge is 0.507 e. The van der Waals surface area contributed by atoms with Crippen LogP contribution in [0.4, 0.5) is 0 Å². The standard InChI is InChI=1S/C30H42O12.C16H14O5.C15H32O8/c1-34-9-10-35-11-12-36-13-14-37-15-16-38-17-18-39-19-20-40-21-22-41-29(32)24-42-26-7-8-27(28(31)23-26)30(33)25-5-3-2-4-6-25;1-20-15(18)10-21-12-7-8-13(14(17)9-12)16(19)11-5-3-2-4-6-11;1-17-4-5-19-8-9-21-12-13-23-15-14-22-11-10-20-7-6-18-3-2-16/h2-8,23,31H,9-22,24H2,1H3;2-9,17H,10H2,1H3;16H,2-15H2,1H3. The fourth-order valence-electron chi connectivity index (χ4n) is 6.43.